The largest absolute Gasteiger partial charge is 0.480 e. The van der Waals surface area contributed by atoms with Crippen molar-refractivity contribution in [3.63, 3.8) is 0 Å². The lowest BCUT2D eigenvalue weighted by atomic mass is 10.1. The molecule has 4 N–H and O–H groups in total. The first-order valence-electron chi connectivity index (χ1n) is 22.0. The first kappa shape index (κ1) is 54.9. The molecular formula is C46H78NO10P. The number of carboxylic acid groups (broad SMARTS) is 1. The number of carbonyl (C=O) groups is 3. The third-order valence-electron chi connectivity index (χ3n) is 8.98. The van der Waals surface area contributed by atoms with E-state index in [0.717, 1.165) is 77.0 Å². The molecule has 0 saturated heterocycles. The van der Waals surface area contributed by atoms with Gasteiger partial charge in [-0.15, -0.1) is 0 Å². The molecule has 0 fully saturated rings. The van der Waals surface area contributed by atoms with Gasteiger partial charge >= 0.3 is 19.8 Å². The number of amides is 1. The van der Waals surface area contributed by atoms with E-state index in [4.69, 9.17) is 13.8 Å². The minimum atomic E-state index is -4.77. The molecule has 0 radical (unpaired) electrons. The van der Waals surface area contributed by atoms with Gasteiger partial charge in [0.25, 0.3) is 0 Å². The summed E-state index contributed by atoms with van der Waals surface area (Å²) in [6.45, 7) is 2.40. The summed E-state index contributed by atoms with van der Waals surface area (Å²) in [7, 11) is -4.77. The summed E-state index contributed by atoms with van der Waals surface area (Å²) in [4.78, 5) is 45.9. The number of esters is 1. The van der Waals surface area contributed by atoms with Crippen molar-refractivity contribution in [2.45, 2.75) is 180 Å². The van der Waals surface area contributed by atoms with Crippen molar-refractivity contribution >= 4 is 25.7 Å². The quantitative estimate of drug-likeness (QED) is 0.0202. The van der Waals surface area contributed by atoms with Crippen LogP contribution in [0.1, 0.15) is 168 Å². The van der Waals surface area contributed by atoms with Gasteiger partial charge in [0.1, 0.15) is 12.7 Å². The molecule has 0 bridgehead atoms. The number of rotatable bonds is 40. The summed E-state index contributed by atoms with van der Waals surface area (Å²) in [6.07, 6.45) is 47.9. The van der Waals surface area contributed by atoms with Crippen LogP contribution >= 0.6 is 7.82 Å². The van der Waals surface area contributed by atoms with Crippen LogP contribution < -0.4 is 5.32 Å². The van der Waals surface area contributed by atoms with Gasteiger partial charge in [-0.05, 0) is 83.5 Å². The standard InChI is InChI=1S/C46H78NO10P/c1-3-5-7-9-11-13-15-17-18-19-20-21-22-23-24-26-28-30-32-34-36-38-45(50)55-39-42(48)40-56-58(53,54)57-41-43(46(51)52)47-44(49)37-35-33-31-29-27-25-16-14-12-10-8-6-4-2/h6,8,11-14,17-18,20-21,25,27,42-43,48H,3-5,7,9-10,15-16,19,22-24,26,28-41H2,1-2H3,(H,47,49)(H,51,52)(H,53,54)/b8-6-,13-11-,14-12-,18-17-,21-20-,27-25-. The highest BCUT2D eigenvalue weighted by Crippen LogP contribution is 2.43. The molecule has 11 nitrogen and oxygen atoms in total. The molecule has 12 heteroatoms. The summed E-state index contributed by atoms with van der Waals surface area (Å²) in [5.41, 5.74) is 0. The van der Waals surface area contributed by atoms with Gasteiger partial charge in [-0.25, -0.2) is 9.36 Å². The number of phosphoric acid groups is 1. The van der Waals surface area contributed by atoms with Crippen LogP contribution in [0.3, 0.4) is 0 Å². The Morgan fingerprint density at radius 2 is 1.00 bits per heavy atom. The number of phosphoric ester groups is 1. The fourth-order valence-corrected chi connectivity index (χ4v) is 6.34. The number of nitrogens with one attached hydrogen (secondary N) is 1. The van der Waals surface area contributed by atoms with E-state index in [1.54, 1.807) is 0 Å². The Morgan fingerprint density at radius 1 is 0.569 bits per heavy atom. The van der Waals surface area contributed by atoms with E-state index in [1.807, 2.05) is 0 Å². The highest BCUT2D eigenvalue weighted by Gasteiger charge is 2.28. The lowest BCUT2D eigenvalue weighted by Gasteiger charge is -2.18. The van der Waals surface area contributed by atoms with Gasteiger partial charge in [-0.2, -0.15) is 0 Å². The Labute approximate surface area is 350 Å². The van der Waals surface area contributed by atoms with Crippen molar-refractivity contribution in [1.29, 1.82) is 0 Å². The molecule has 0 aliphatic rings. The number of hydrogen-bond donors (Lipinski definition) is 4. The number of aliphatic carboxylic acids is 1. The number of ether oxygens (including phenoxy) is 1. The van der Waals surface area contributed by atoms with Gasteiger partial charge in [-0.1, -0.05) is 145 Å². The van der Waals surface area contributed by atoms with Gasteiger partial charge in [0.2, 0.25) is 5.91 Å². The number of aliphatic hydroxyl groups is 1. The van der Waals surface area contributed by atoms with Gasteiger partial charge in [0, 0.05) is 12.8 Å². The second kappa shape index (κ2) is 40.7. The van der Waals surface area contributed by atoms with Crippen molar-refractivity contribution in [3.8, 4) is 0 Å². The van der Waals surface area contributed by atoms with Crippen LogP contribution in [0.5, 0.6) is 0 Å². The van der Waals surface area contributed by atoms with Gasteiger partial charge in [0.05, 0.1) is 13.2 Å². The molecule has 0 aliphatic heterocycles. The molecule has 3 unspecified atom stereocenters. The predicted octanol–water partition coefficient (Wildman–Crippen LogP) is 11.3. The number of hydrogen-bond acceptors (Lipinski definition) is 8. The minimum Gasteiger partial charge on any atom is -0.480 e. The highest BCUT2D eigenvalue weighted by atomic mass is 31.2. The average Bonchev–Trinajstić information content (AvgIpc) is 3.20. The molecule has 0 heterocycles. The van der Waals surface area contributed by atoms with Crippen molar-refractivity contribution < 1.29 is 47.8 Å². The molecule has 0 saturated carbocycles. The van der Waals surface area contributed by atoms with E-state index < -0.39 is 57.6 Å². The summed E-state index contributed by atoms with van der Waals surface area (Å²) < 4.78 is 26.8. The zero-order valence-corrected chi connectivity index (χ0v) is 36.7. The Morgan fingerprint density at radius 3 is 1.52 bits per heavy atom. The SMILES string of the molecule is CC/C=C\C/C=C\C/C=C\CCCCCC(=O)NC(COP(=O)(O)OCC(O)COC(=O)CCCCCCCCCC/C=C\C/C=C\C/C=C\CCCCC)C(=O)O. The van der Waals surface area contributed by atoms with Crippen LogP contribution in [0.2, 0.25) is 0 Å². The predicted molar refractivity (Wildman–Crippen MR) is 235 cm³/mol. The Hall–Kier alpha value is -3.08. The fourth-order valence-electron chi connectivity index (χ4n) is 5.57. The number of aliphatic hydroxyl groups excluding tert-OH is 1. The van der Waals surface area contributed by atoms with Gasteiger partial charge in [-0.3, -0.25) is 18.6 Å². The highest BCUT2D eigenvalue weighted by molar-refractivity contribution is 7.47. The van der Waals surface area contributed by atoms with Crippen LogP contribution in [0.15, 0.2) is 72.9 Å². The molecule has 0 aromatic carbocycles. The van der Waals surface area contributed by atoms with Crippen molar-refractivity contribution in [2.75, 3.05) is 19.8 Å². The second-order valence-electron chi connectivity index (χ2n) is 14.5. The Bertz CT molecular complexity index is 1260. The number of allylic oxidation sites excluding steroid dienone is 12. The molecule has 3 atom stereocenters. The second-order valence-corrected chi connectivity index (χ2v) is 16.0. The molecule has 0 aromatic heterocycles. The van der Waals surface area contributed by atoms with E-state index in [1.165, 1.54) is 51.4 Å². The maximum absolute atomic E-state index is 12.3. The molecule has 58 heavy (non-hydrogen) atoms. The van der Waals surface area contributed by atoms with Crippen molar-refractivity contribution in [3.05, 3.63) is 72.9 Å². The van der Waals surface area contributed by atoms with E-state index >= 15 is 0 Å². The Kier molecular flexibility index (Phi) is 38.5. The number of unbranched alkanes of at least 4 members (excludes halogenated alkanes) is 14. The molecule has 0 spiro atoms. The lowest BCUT2D eigenvalue weighted by molar-refractivity contribution is -0.147. The minimum absolute atomic E-state index is 0.106. The zero-order valence-electron chi connectivity index (χ0n) is 35.8. The van der Waals surface area contributed by atoms with Crippen molar-refractivity contribution in [2.24, 2.45) is 0 Å². The maximum atomic E-state index is 12.3. The van der Waals surface area contributed by atoms with E-state index in [0.29, 0.717) is 12.8 Å². The normalized spacial score (nSPS) is 14.4. The maximum Gasteiger partial charge on any atom is 0.472 e. The molecular weight excluding hydrogens is 757 g/mol. The smallest absolute Gasteiger partial charge is 0.472 e. The summed E-state index contributed by atoms with van der Waals surface area (Å²) in [5, 5.41) is 21.8. The van der Waals surface area contributed by atoms with E-state index in [2.05, 4.69) is 92.1 Å². The third kappa shape index (κ3) is 39.7. The van der Waals surface area contributed by atoms with Gasteiger partial charge < -0.3 is 25.2 Å². The first-order valence-corrected chi connectivity index (χ1v) is 23.5. The first-order chi connectivity index (χ1) is 28.1. The molecule has 1 amide bonds. The zero-order chi connectivity index (χ0) is 42.8. The molecule has 0 aliphatic carbocycles. The van der Waals surface area contributed by atoms with Crippen LogP contribution in [0.25, 0.3) is 0 Å². The molecule has 0 rings (SSSR count). The van der Waals surface area contributed by atoms with E-state index in [9.17, 15) is 34.1 Å². The van der Waals surface area contributed by atoms with E-state index in [-0.39, 0.29) is 12.8 Å². The average molecular weight is 836 g/mol. The fraction of sp³-hybridized carbons (Fsp3) is 0.674. The summed E-state index contributed by atoms with van der Waals surface area (Å²) in [6, 6.07) is -1.57. The lowest BCUT2D eigenvalue weighted by Crippen LogP contribution is -2.43. The molecule has 0 aromatic rings. The number of carboxylic acids is 1. The van der Waals surface area contributed by atoms with Crippen LogP contribution in [-0.4, -0.2) is 64.9 Å². The van der Waals surface area contributed by atoms with Crippen LogP contribution in [0, 0.1) is 0 Å². The summed E-state index contributed by atoms with van der Waals surface area (Å²) in [5.74, 6) is -2.43. The molecule has 332 valence electrons. The Balaban J connectivity index is 3.92. The monoisotopic (exact) mass is 836 g/mol. The van der Waals surface area contributed by atoms with Crippen LogP contribution in [-0.2, 0) is 32.7 Å². The third-order valence-corrected chi connectivity index (χ3v) is 9.93. The van der Waals surface area contributed by atoms with Gasteiger partial charge in [0.15, 0.2) is 6.04 Å². The van der Waals surface area contributed by atoms with Crippen molar-refractivity contribution in [1.82, 2.24) is 5.32 Å². The summed E-state index contributed by atoms with van der Waals surface area (Å²) >= 11 is 0. The topological polar surface area (TPSA) is 169 Å². The number of carbonyl (C=O) groups excluding carboxylic acids is 2. The van der Waals surface area contributed by atoms with Crippen LogP contribution in [0.4, 0.5) is 0 Å².